The highest BCUT2D eigenvalue weighted by atomic mass is 32.2. The molecule has 1 heterocycles. The van der Waals surface area contributed by atoms with Crippen molar-refractivity contribution in [2.45, 2.75) is 49.4 Å². The molecule has 2 atom stereocenters. The Morgan fingerprint density at radius 3 is 2.92 bits per heavy atom. The van der Waals surface area contributed by atoms with Crippen molar-refractivity contribution < 1.29 is 14.3 Å². The molecule has 2 aromatic rings. The quantitative estimate of drug-likeness (QED) is 0.569. The Labute approximate surface area is 161 Å². The first-order valence-electron chi connectivity index (χ1n) is 9.05. The van der Waals surface area contributed by atoms with Gasteiger partial charge in [0, 0.05) is 11.8 Å². The number of hydrogen-bond donors (Lipinski definition) is 1. The second-order valence-electron chi connectivity index (χ2n) is 6.64. The van der Waals surface area contributed by atoms with Crippen LogP contribution in [-0.4, -0.2) is 35.3 Å². The van der Waals surface area contributed by atoms with Gasteiger partial charge in [0.05, 0.1) is 16.6 Å². The summed E-state index contributed by atoms with van der Waals surface area (Å²) in [6.45, 7) is 1.98. The van der Waals surface area contributed by atoms with Gasteiger partial charge < -0.3 is 10.1 Å². The summed E-state index contributed by atoms with van der Waals surface area (Å²) in [7, 11) is 0. The summed E-state index contributed by atoms with van der Waals surface area (Å²) in [5.74, 6) is 0.551. The van der Waals surface area contributed by atoms with E-state index in [2.05, 4.69) is 17.2 Å². The van der Waals surface area contributed by atoms with Crippen molar-refractivity contribution in [3.05, 3.63) is 24.3 Å². The second-order valence-corrected chi connectivity index (χ2v) is 9.02. The fraction of sp³-hybridized carbons (Fsp3) is 0.526. The van der Waals surface area contributed by atoms with Crippen LogP contribution in [0.1, 0.15) is 39.0 Å². The lowest BCUT2D eigenvalue weighted by Crippen LogP contribution is -2.42. The Hall–Kier alpha value is -1.60. The summed E-state index contributed by atoms with van der Waals surface area (Å²) in [4.78, 5) is 28.3. The summed E-state index contributed by atoms with van der Waals surface area (Å²) in [5.41, 5.74) is 0.983. The van der Waals surface area contributed by atoms with Gasteiger partial charge in [-0.3, -0.25) is 9.59 Å². The predicted molar refractivity (Wildman–Crippen MR) is 105 cm³/mol. The molecule has 5 nitrogen and oxygen atoms in total. The zero-order chi connectivity index (χ0) is 18.4. The van der Waals surface area contributed by atoms with Gasteiger partial charge in [-0.05, 0) is 30.9 Å². The minimum Gasteiger partial charge on any atom is -0.456 e. The number of para-hydroxylation sites is 1. The van der Waals surface area contributed by atoms with E-state index in [9.17, 15) is 9.59 Å². The van der Waals surface area contributed by atoms with Crippen molar-refractivity contribution in [1.29, 1.82) is 0 Å². The number of nitrogens with one attached hydrogen (secondary N) is 1. The van der Waals surface area contributed by atoms with Crippen molar-refractivity contribution in [2.24, 2.45) is 5.92 Å². The van der Waals surface area contributed by atoms with Crippen LogP contribution >= 0.6 is 23.1 Å². The lowest BCUT2D eigenvalue weighted by Gasteiger charge is -2.29. The number of hydrogen-bond acceptors (Lipinski definition) is 6. The van der Waals surface area contributed by atoms with E-state index < -0.39 is 0 Å². The zero-order valence-corrected chi connectivity index (χ0v) is 16.5. The molecule has 1 aliphatic carbocycles. The number of thioether (sulfide) groups is 1. The number of nitrogens with zero attached hydrogens (tertiary/aromatic N) is 1. The number of thiazole rings is 1. The normalized spacial score (nSPS) is 20.0. The van der Waals surface area contributed by atoms with Gasteiger partial charge in [0.2, 0.25) is 0 Å². The highest BCUT2D eigenvalue weighted by Crippen LogP contribution is 2.29. The summed E-state index contributed by atoms with van der Waals surface area (Å²) in [6, 6.07) is 8.19. The maximum absolute atomic E-state index is 12.0. The molecule has 1 amide bonds. The predicted octanol–water partition coefficient (Wildman–Crippen LogP) is 4.02. The van der Waals surface area contributed by atoms with Crippen LogP contribution in [0.3, 0.4) is 0 Å². The van der Waals surface area contributed by atoms with Crippen molar-refractivity contribution in [1.82, 2.24) is 10.3 Å². The van der Waals surface area contributed by atoms with Crippen molar-refractivity contribution in [3.8, 4) is 0 Å². The Kier molecular flexibility index (Phi) is 6.91. The number of fused-ring (bicyclic) bond motifs is 1. The molecule has 0 radical (unpaired) electrons. The average Bonchev–Trinajstić information content (AvgIpc) is 3.05. The highest BCUT2D eigenvalue weighted by molar-refractivity contribution is 8.01. The smallest absolute Gasteiger partial charge is 0.307 e. The first-order valence-corrected chi connectivity index (χ1v) is 10.9. The summed E-state index contributed by atoms with van der Waals surface area (Å²) in [6.07, 6.45) is 4.81. The molecule has 140 valence electrons. The molecule has 0 spiro atoms. The van der Waals surface area contributed by atoms with Gasteiger partial charge >= 0.3 is 5.97 Å². The number of amides is 1. The van der Waals surface area contributed by atoms with Gasteiger partial charge in [-0.15, -0.1) is 11.3 Å². The van der Waals surface area contributed by atoms with Crippen LogP contribution < -0.4 is 5.32 Å². The lowest BCUT2D eigenvalue weighted by atomic mass is 9.86. The summed E-state index contributed by atoms with van der Waals surface area (Å²) < 4.78 is 7.19. The summed E-state index contributed by atoms with van der Waals surface area (Å²) in [5, 5.41) is 2.99. The summed E-state index contributed by atoms with van der Waals surface area (Å²) >= 11 is 3.17. The average molecular weight is 393 g/mol. The molecule has 1 fully saturated rings. The van der Waals surface area contributed by atoms with Gasteiger partial charge in [0.1, 0.15) is 0 Å². The molecule has 3 rings (SSSR count). The van der Waals surface area contributed by atoms with Crippen LogP contribution in [0.5, 0.6) is 0 Å². The van der Waals surface area contributed by atoms with Gasteiger partial charge in [0.25, 0.3) is 5.91 Å². The SMILES string of the molecule is C[C@H]1CCCC[C@H]1NC(=O)COC(=O)CCSc1nc2ccccc2s1. The maximum atomic E-state index is 12.0. The van der Waals surface area contributed by atoms with Crippen LogP contribution in [0, 0.1) is 5.92 Å². The molecule has 7 heteroatoms. The van der Waals surface area contributed by atoms with E-state index in [4.69, 9.17) is 4.74 Å². The lowest BCUT2D eigenvalue weighted by molar-refractivity contribution is -0.148. The van der Waals surface area contributed by atoms with Gasteiger partial charge in [-0.25, -0.2) is 4.98 Å². The largest absolute Gasteiger partial charge is 0.456 e. The van der Waals surface area contributed by atoms with Crippen LogP contribution in [0.2, 0.25) is 0 Å². The number of esters is 1. The highest BCUT2D eigenvalue weighted by Gasteiger charge is 2.23. The Morgan fingerprint density at radius 1 is 1.31 bits per heavy atom. The number of aromatic nitrogens is 1. The minimum atomic E-state index is -0.342. The molecular weight excluding hydrogens is 368 g/mol. The van der Waals surface area contributed by atoms with E-state index in [0.717, 1.165) is 33.8 Å². The van der Waals surface area contributed by atoms with Crippen molar-refractivity contribution >= 4 is 45.2 Å². The Morgan fingerprint density at radius 2 is 2.12 bits per heavy atom. The van der Waals surface area contributed by atoms with E-state index in [1.54, 1.807) is 23.1 Å². The fourth-order valence-corrected chi connectivity index (χ4v) is 5.19. The molecule has 0 unspecified atom stereocenters. The van der Waals surface area contributed by atoms with Crippen molar-refractivity contribution in [2.75, 3.05) is 12.4 Å². The van der Waals surface area contributed by atoms with E-state index in [1.807, 2.05) is 24.3 Å². The first-order chi connectivity index (χ1) is 12.6. The van der Waals surface area contributed by atoms with Gasteiger partial charge in [-0.1, -0.05) is 43.7 Å². The third-order valence-electron chi connectivity index (χ3n) is 4.63. The van der Waals surface area contributed by atoms with Crippen LogP contribution in [0.25, 0.3) is 10.2 Å². The molecule has 1 saturated carbocycles. The van der Waals surface area contributed by atoms with E-state index in [0.29, 0.717) is 11.7 Å². The van der Waals surface area contributed by atoms with Crippen LogP contribution in [-0.2, 0) is 14.3 Å². The van der Waals surface area contributed by atoms with E-state index >= 15 is 0 Å². The fourth-order valence-electron chi connectivity index (χ4n) is 3.13. The van der Waals surface area contributed by atoms with Crippen LogP contribution in [0.4, 0.5) is 0 Å². The van der Waals surface area contributed by atoms with E-state index in [-0.39, 0.29) is 30.9 Å². The Balaban J connectivity index is 1.34. The third-order valence-corrected chi connectivity index (χ3v) is 6.81. The molecule has 0 aliphatic heterocycles. The number of ether oxygens (including phenoxy) is 1. The second kappa shape index (κ2) is 9.37. The molecule has 0 saturated heterocycles. The molecule has 1 aromatic carbocycles. The van der Waals surface area contributed by atoms with Gasteiger partial charge in [-0.2, -0.15) is 0 Å². The molecule has 1 aromatic heterocycles. The Bertz CT molecular complexity index is 729. The standard InChI is InChI=1S/C19H24N2O3S2/c1-13-6-2-3-7-14(13)20-17(22)12-24-18(23)10-11-25-19-21-15-8-4-5-9-16(15)26-19/h4-5,8-9,13-14H,2-3,6-7,10-12H2,1H3,(H,20,22)/t13-,14+/m0/s1. The number of carbonyl (C=O) groups excluding carboxylic acids is 2. The topological polar surface area (TPSA) is 68.3 Å². The number of rotatable bonds is 7. The monoisotopic (exact) mass is 392 g/mol. The zero-order valence-electron chi connectivity index (χ0n) is 14.9. The number of carbonyl (C=O) groups is 2. The van der Waals surface area contributed by atoms with Crippen molar-refractivity contribution in [3.63, 3.8) is 0 Å². The van der Waals surface area contributed by atoms with E-state index in [1.165, 1.54) is 6.42 Å². The molecular formula is C19H24N2O3S2. The first kappa shape index (κ1) is 19.2. The molecule has 1 N–H and O–H groups in total. The van der Waals surface area contributed by atoms with Crippen LogP contribution in [0.15, 0.2) is 28.6 Å². The van der Waals surface area contributed by atoms with Gasteiger partial charge in [0.15, 0.2) is 10.9 Å². The third kappa shape index (κ3) is 5.45. The molecule has 0 bridgehead atoms. The number of benzene rings is 1. The maximum Gasteiger partial charge on any atom is 0.307 e. The molecule has 26 heavy (non-hydrogen) atoms. The molecule has 1 aliphatic rings. The minimum absolute atomic E-state index is 0.187.